The summed E-state index contributed by atoms with van der Waals surface area (Å²) in [6.07, 6.45) is -4.47. The maximum absolute atomic E-state index is 13.1. The Balaban J connectivity index is 1.98. The van der Waals surface area contributed by atoms with Gasteiger partial charge in [-0.3, -0.25) is 9.59 Å². The lowest BCUT2D eigenvalue weighted by molar-refractivity contribution is -0.192. The molecule has 1 atom stereocenters. The summed E-state index contributed by atoms with van der Waals surface area (Å²) < 4.78 is 39.4. The minimum absolute atomic E-state index is 0.0339. The minimum atomic E-state index is -4.35. The van der Waals surface area contributed by atoms with Crippen molar-refractivity contribution in [1.29, 1.82) is 0 Å². The first-order valence-corrected chi connectivity index (χ1v) is 9.00. The second-order valence-electron chi connectivity index (χ2n) is 8.59. The second-order valence-corrected chi connectivity index (χ2v) is 8.59. The molecule has 0 aliphatic carbocycles. The SMILES string of the molecule is CC(C)(C)c1ccc(C(=O)NCC(=O)N2CCC(C(F)(F)F)C2(C)C)cc1. The fourth-order valence-electron chi connectivity index (χ4n) is 3.57. The zero-order chi connectivity index (χ0) is 20.6. The van der Waals surface area contributed by atoms with Crippen molar-refractivity contribution in [3.05, 3.63) is 35.4 Å². The normalized spacial score (nSPS) is 19.9. The van der Waals surface area contributed by atoms with Crippen molar-refractivity contribution in [2.75, 3.05) is 13.1 Å². The molecule has 1 aliphatic rings. The van der Waals surface area contributed by atoms with E-state index in [0.29, 0.717) is 5.56 Å². The van der Waals surface area contributed by atoms with Crippen LogP contribution in [-0.4, -0.2) is 41.5 Å². The van der Waals surface area contributed by atoms with Crippen LogP contribution in [-0.2, 0) is 10.2 Å². The zero-order valence-corrected chi connectivity index (χ0v) is 16.4. The average Bonchev–Trinajstić information content (AvgIpc) is 2.86. The lowest BCUT2D eigenvalue weighted by Crippen LogP contribution is -2.52. The number of likely N-dealkylation sites (tertiary alicyclic amines) is 1. The first-order valence-electron chi connectivity index (χ1n) is 9.00. The maximum atomic E-state index is 13.1. The van der Waals surface area contributed by atoms with Crippen LogP contribution in [0.15, 0.2) is 24.3 Å². The summed E-state index contributed by atoms with van der Waals surface area (Å²) in [5.41, 5.74) is 0.118. The summed E-state index contributed by atoms with van der Waals surface area (Å²) in [7, 11) is 0. The predicted molar refractivity (Wildman–Crippen MR) is 97.4 cm³/mol. The minimum Gasteiger partial charge on any atom is -0.343 e. The molecule has 7 heteroatoms. The Kier molecular flexibility index (Phi) is 5.64. The summed E-state index contributed by atoms with van der Waals surface area (Å²) in [6, 6.07) is 7.07. The molecular formula is C20H27F3N2O2. The summed E-state index contributed by atoms with van der Waals surface area (Å²) in [4.78, 5) is 25.9. The van der Waals surface area contributed by atoms with Gasteiger partial charge in [0.25, 0.3) is 5.91 Å². The van der Waals surface area contributed by atoms with E-state index in [1.807, 2.05) is 12.1 Å². The van der Waals surface area contributed by atoms with E-state index in [4.69, 9.17) is 0 Å². The molecule has 1 aromatic rings. The van der Waals surface area contributed by atoms with Gasteiger partial charge in [0.15, 0.2) is 0 Å². The smallest absolute Gasteiger partial charge is 0.343 e. The van der Waals surface area contributed by atoms with Crippen molar-refractivity contribution in [3.63, 3.8) is 0 Å². The highest BCUT2D eigenvalue weighted by atomic mass is 19.4. The number of halogens is 3. The van der Waals surface area contributed by atoms with E-state index >= 15 is 0 Å². The highest BCUT2D eigenvalue weighted by molar-refractivity contribution is 5.96. The number of carbonyl (C=O) groups is 2. The van der Waals surface area contributed by atoms with Crippen LogP contribution in [0.1, 0.15) is 57.0 Å². The fraction of sp³-hybridized carbons (Fsp3) is 0.600. The van der Waals surface area contributed by atoms with E-state index < -0.39 is 29.4 Å². The van der Waals surface area contributed by atoms with Crippen molar-refractivity contribution in [3.8, 4) is 0 Å². The van der Waals surface area contributed by atoms with Crippen LogP contribution in [0.5, 0.6) is 0 Å². The summed E-state index contributed by atoms with van der Waals surface area (Å²) >= 11 is 0. The van der Waals surface area contributed by atoms with Gasteiger partial charge in [0, 0.05) is 17.6 Å². The monoisotopic (exact) mass is 384 g/mol. The standard InChI is InChI=1S/C20H27F3N2O2/c1-18(2,3)14-8-6-13(7-9-14)17(27)24-12-16(26)25-11-10-15(19(25,4)5)20(21,22)23/h6-9,15H,10-12H2,1-5H3,(H,24,27). The quantitative estimate of drug-likeness (QED) is 0.859. The average molecular weight is 384 g/mol. The van der Waals surface area contributed by atoms with Gasteiger partial charge in [-0.05, 0) is 43.4 Å². The third-order valence-electron chi connectivity index (χ3n) is 5.30. The highest BCUT2D eigenvalue weighted by Crippen LogP contribution is 2.44. The van der Waals surface area contributed by atoms with Crippen LogP contribution in [0, 0.1) is 5.92 Å². The van der Waals surface area contributed by atoms with Crippen LogP contribution in [0.2, 0.25) is 0 Å². The third-order valence-corrected chi connectivity index (χ3v) is 5.30. The van der Waals surface area contributed by atoms with Crippen LogP contribution in [0.25, 0.3) is 0 Å². The molecule has 0 aromatic heterocycles. The predicted octanol–water partition coefficient (Wildman–Crippen LogP) is 3.90. The summed E-state index contributed by atoms with van der Waals surface area (Å²) in [6.45, 7) is 8.73. The number of rotatable bonds is 3. The van der Waals surface area contributed by atoms with Gasteiger partial charge in [-0.1, -0.05) is 32.9 Å². The number of alkyl halides is 3. The Morgan fingerprint density at radius 1 is 1.15 bits per heavy atom. The molecule has 1 unspecified atom stereocenters. The van der Waals surface area contributed by atoms with Crippen LogP contribution in [0.3, 0.4) is 0 Å². The summed E-state index contributed by atoms with van der Waals surface area (Å²) in [5, 5.41) is 2.51. The van der Waals surface area contributed by atoms with Gasteiger partial charge in [-0.2, -0.15) is 13.2 Å². The maximum Gasteiger partial charge on any atom is 0.394 e. The zero-order valence-electron chi connectivity index (χ0n) is 16.4. The molecule has 1 saturated heterocycles. The number of hydrogen-bond donors (Lipinski definition) is 1. The molecule has 150 valence electrons. The molecule has 1 fully saturated rings. The van der Waals surface area contributed by atoms with Crippen LogP contribution in [0.4, 0.5) is 13.2 Å². The molecule has 2 amide bonds. The third kappa shape index (κ3) is 4.62. The van der Waals surface area contributed by atoms with E-state index in [1.165, 1.54) is 18.7 Å². The van der Waals surface area contributed by atoms with Crippen molar-refractivity contribution < 1.29 is 22.8 Å². The number of benzene rings is 1. The lowest BCUT2D eigenvalue weighted by Gasteiger charge is -2.36. The molecule has 1 aliphatic heterocycles. The number of amides is 2. The van der Waals surface area contributed by atoms with E-state index in [-0.39, 0.29) is 24.9 Å². The topological polar surface area (TPSA) is 49.4 Å². The van der Waals surface area contributed by atoms with Crippen molar-refractivity contribution >= 4 is 11.8 Å². The lowest BCUT2D eigenvalue weighted by atomic mass is 9.87. The first-order chi connectivity index (χ1) is 12.2. The number of carbonyl (C=O) groups excluding carboxylic acids is 2. The second kappa shape index (κ2) is 7.17. The Bertz CT molecular complexity index is 703. The van der Waals surface area contributed by atoms with Gasteiger partial charge in [-0.15, -0.1) is 0 Å². The Morgan fingerprint density at radius 3 is 2.15 bits per heavy atom. The molecule has 2 rings (SSSR count). The molecular weight excluding hydrogens is 357 g/mol. The largest absolute Gasteiger partial charge is 0.394 e. The van der Waals surface area contributed by atoms with E-state index in [9.17, 15) is 22.8 Å². The molecule has 1 aromatic carbocycles. The van der Waals surface area contributed by atoms with Crippen molar-refractivity contribution in [1.82, 2.24) is 10.2 Å². The van der Waals surface area contributed by atoms with Crippen LogP contribution >= 0.6 is 0 Å². The molecule has 0 spiro atoms. The van der Waals surface area contributed by atoms with Gasteiger partial charge >= 0.3 is 6.18 Å². The van der Waals surface area contributed by atoms with Gasteiger partial charge in [0.05, 0.1) is 12.5 Å². The first kappa shape index (κ1) is 21.3. The highest BCUT2D eigenvalue weighted by Gasteiger charge is 2.56. The molecule has 0 saturated carbocycles. The van der Waals surface area contributed by atoms with Gasteiger partial charge in [0.2, 0.25) is 5.91 Å². The number of nitrogens with one attached hydrogen (secondary N) is 1. The van der Waals surface area contributed by atoms with Gasteiger partial charge in [-0.25, -0.2) is 0 Å². The van der Waals surface area contributed by atoms with E-state index in [2.05, 4.69) is 26.1 Å². The molecule has 4 nitrogen and oxygen atoms in total. The van der Waals surface area contributed by atoms with Gasteiger partial charge < -0.3 is 10.2 Å². The van der Waals surface area contributed by atoms with Crippen molar-refractivity contribution in [2.45, 2.75) is 58.2 Å². The van der Waals surface area contributed by atoms with Gasteiger partial charge in [0.1, 0.15) is 0 Å². The Hall–Kier alpha value is -2.05. The molecule has 0 radical (unpaired) electrons. The fourth-order valence-corrected chi connectivity index (χ4v) is 3.57. The van der Waals surface area contributed by atoms with Crippen molar-refractivity contribution in [2.24, 2.45) is 5.92 Å². The molecule has 1 heterocycles. The molecule has 0 bridgehead atoms. The number of hydrogen-bond acceptors (Lipinski definition) is 2. The van der Waals surface area contributed by atoms with E-state index in [0.717, 1.165) is 5.56 Å². The Morgan fingerprint density at radius 2 is 1.70 bits per heavy atom. The van der Waals surface area contributed by atoms with Crippen LogP contribution < -0.4 is 5.32 Å². The number of nitrogens with zero attached hydrogens (tertiary/aromatic N) is 1. The Labute approximate surface area is 158 Å². The van der Waals surface area contributed by atoms with E-state index in [1.54, 1.807) is 12.1 Å². The summed E-state index contributed by atoms with van der Waals surface area (Å²) in [5.74, 6) is -2.49. The molecule has 1 N–H and O–H groups in total. The molecule has 27 heavy (non-hydrogen) atoms.